The van der Waals surface area contributed by atoms with Crippen LogP contribution in [0.3, 0.4) is 0 Å². The van der Waals surface area contributed by atoms with Crippen LogP contribution in [0.5, 0.6) is 5.75 Å². The lowest BCUT2D eigenvalue weighted by atomic mass is 10.0. The van der Waals surface area contributed by atoms with E-state index in [2.05, 4.69) is 5.16 Å². The summed E-state index contributed by atoms with van der Waals surface area (Å²) < 4.78 is 11.1. The van der Waals surface area contributed by atoms with Gasteiger partial charge in [-0.2, -0.15) is 0 Å². The lowest BCUT2D eigenvalue weighted by Crippen LogP contribution is -2.22. The van der Waals surface area contributed by atoms with Crippen LogP contribution >= 0.6 is 11.6 Å². The Kier molecular flexibility index (Phi) is 4.87. The summed E-state index contributed by atoms with van der Waals surface area (Å²) in [5.74, 6) is 1.04. The first-order chi connectivity index (χ1) is 9.20. The number of nitrogens with zero attached hydrogens (tertiary/aromatic N) is 1. The molecule has 1 saturated heterocycles. The van der Waals surface area contributed by atoms with Crippen LogP contribution in [0, 0.1) is 5.92 Å². The van der Waals surface area contributed by atoms with Crippen molar-refractivity contribution in [2.24, 2.45) is 16.8 Å². The Morgan fingerprint density at radius 2 is 2.21 bits per heavy atom. The molecule has 0 radical (unpaired) electrons. The molecular weight excluding hydrogens is 268 g/mol. The van der Waals surface area contributed by atoms with E-state index in [-0.39, 0.29) is 5.84 Å². The van der Waals surface area contributed by atoms with Crippen LogP contribution in [0.15, 0.2) is 23.4 Å². The molecule has 1 fully saturated rings. The Balaban J connectivity index is 2.06. The third-order valence-electron chi connectivity index (χ3n) is 3.14. The second-order valence-corrected chi connectivity index (χ2v) is 4.93. The summed E-state index contributed by atoms with van der Waals surface area (Å²) in [4.78, 5) is 0. The lowest BCUT2D eigenvalue weighted by molar-refractivity contribution is 0.0497. The van der Waals surface area contributed by atoms with E-state index in [1.807, 2.05) is 0 Å². The highest BCUT2D eigenvalue weighted by molar-refractivity contribution is 6.31. The van der Waals surface area contributed by atoms with E-state index in [0.29, 0.717) is 28.9 Å². The van der Waals surface area contributed by atoms with E-state index in [1.165, 1.54) is 0 Å². The van der Waals surface area contributed by atoms with Crippen LogP contribution < -0.4 is 10.5 Å². The number of nitrogens with two attached hydrogens (primary N) is 1. The van der Waals surface area contributed by atoms with Gasteiger partial charge in [0.2, 0.25) is 0 Å². The van der Waals surface area contributed by atoms with E-state index in [0.717, 1.165) is 26.1 Å². The summed E-state index contributed by atoms with van der Waals surface area (Å²) in [6, 6.07) is 5.07. The van der Waals surface area contributed by atoms with Crippen molar-refractivity contribution in [1.29, 1.82) is 0 Å². The summed E-state index contributed by atoms with van der Waals surface area (Å²) >= 11 is 5.90. The molecule has 6 heteroatoms. The number of rotatable bonds is 4. The van der Waals surface area contributed by atoms with Gasteiger partial charge in [-0.3, -0.25) is 0 Å². The monoisotopic (exact) mass is 284 g/mol. The van der Waals surface area contributed by atoms with Crippen LogP contribution in [0.2, 0.25) is 5.02 Å². The van der Waals surface area contributed by atoms with Crippen LogP contribution in [0.25, 0.3) is 0 Å². The topological polar surface area (TPSA) is 77.1 Å². The van der Waals surface area contributed by atoms with E-state index >= 15 is 0 Å². The molecule has 1 aliphatic heterocycles. The molecule has 19 heavy (non-hydrogen) atoms. The summed E-state index contributed by atoms with van der Waals surface area (Å²) in [7, 11) is 0. The van der Waals surface area contributed by atoms with Crippen molar-refractivity contribution in [3.05, 3.63) is 28.8 Å². The fourth-order valence-corrected chi connectivity index (χ4v) is 2.17. The highest BCUT2D eigenvalue weighted by Gasteiger charge is 2.16. The molecule has 1 aliphatic rings. The average Bonchev–Trinajstić information content (AvgIpc) is 2.46. The third kappa shape index (κ3) is 3.75. The molecule has 1 aromatic carbocycles. The molecule has 0 amide bonds. The van der Waals surface area contributed by atoms with Gasteiger partial charge in [-0.1, -0.05) is 16.8 Å². The molecule has 0 atom stereocenters. The molecule has 0 bridgehead atoms. The smallest absolute Gasteiger partial charge is 0.173 e. The molecule has 1 aromatic rings. The van der Waals surface area contributed by atoms with Crippen LogP contribution in [0.4, 0.5) is 0 Å². The van der Waals surface area contributed by atoms with E-state index in [9.17, 15) is 0 Å². The van der Waals surface area contributed by atoms with Crippen LogP contribution in [-0.2, 0) is 4.74 Å². The van der Waals surface area contributed by atoms with Crippen molar-refractivity contribution in [3.8, 4) is 5.75 Å². The second-order valence-electron chi connectivity index (χ2n) is 4.49. The van der Waals surface area contributed by atoms with Gasteiger partial charge in [0.15, 0.2) is 5.84 Å². The number of ether oxygens (including phenoxy) is 2. The molecule has 0 saturated carbocycles. The normalized spacial score (nSPS) is 17.4. The van der Waals surface area contributed by atoms with E-state index in [4.69, 9.17) is 32.0 Å². The van der Waals surface area contributed by atoms with Gasteiger partial charge in [-0.15, -0.1) is 0 Å². The predicted octanol–water partition coefficient (Wildman–Crippen LogP) is 2.24. The van der Waals surface area contributed by atoms with Gasteiger partial charge in [0.05, 0.1) is 12.2 Å². The number of benzene rings is 1. The molecule has 0 aliphatic carbocycles. The number of amidine groups is 1. The van der Waals surface area contributed by atoms with E-state index < -0.39 is 0 Å². The first-order valence-corrected chi connectivity index (χ1v) is 6.56. The second kappa shape index (κ2) is 6.63. The zero-order valence-electron chi connectivity index (χ0n) is 10.5. The van der Waals surface area contributed by atoms with Gasteiger partial charge >= 0.3 is 0 Å². The van der Waals surface area contributed by atoms with Crippen LogP contribution in [0.1, 0.15) is 18.4 Å². The number of hydrogen-bond acceptors (Lipinski definition) is 4. The molecular formula is C13H17ClN2O3. The Bertz CT molecular complexity index is 459. The Labute approximate surface area is 116 Å². The summed E-state index contributed by atoms with van der Waals surface area (Å²) in [5, 5.41) is 12.3. The van der Waals surface area contributed by atoms with E-state index in [1.54, 1.807) is 18.2 Å². The quantitative estimate of drug-likeness (QED) is 0.385. The third-order valence-corrected chi connectivity index (χ3v) is 3.38. The van der Waals surface area contributed by atoms with Crippen molar-refractivity contribution in [2.75, 3.05) is 19.8 Å². The summed E-state index contributed by atoms with van der Waals surface area (Å²) in [6.07, 6.45) is 1.99. The fraction of sp³-hybridized carbons (Fsp3) is 0.462. The van der Waals surface area contributed by atoms with Gasteiger partial charge in [-0.05, 0) is 37.0 Å². The number of halogens is 1. The van der Waals surface area contributed by atoms with Crippen molar-refractivity contribution in [3.63, 3.8) is 0 Å². The maximum absolute atomic E-state index is 8.77. The van der Waals surface area contributed by atoms with Crippen LogP contribution in [-0.4, -0.2) is 30.9 Å². The fourth-order valence-electron chi connectivity index (χ4n) is 2.00. The molecule has 0 spiro atoms. The first-order valence-electron chi connectivity index (χ1n) is 6.18. The molecule has 0 aromatic heterocycles. The maximum atomic E-state index is 8.77. The minimum Gasteiger partial charge on any atom is -0.493 e. The highest BCUT2D eigenvalue weighted by atomic mass is 35.5. The summed E-state index contributed by atoms with van der Waals surface area (Å²) in [6.45, 7) is 2.15. The van der Waals surface area contributed by atoms with Gasteiger partial charge < -0.3 is 20.4 Å². The van der Waals surface area contributed by atoms with Gasteiger partial charge in [0.25, 0.3) is 0 Å². The van der Waals surface area contributed by atoms with Crippen molar-refractivity contribution >= 4 is 17.4 Å². The Morgan fingerprint density at radius 3 is 2.89 bits per heavy atom. The Morgan fingerprint density at radius 1 is 1.47 bits per heavy atom. The molecule has 104 valence electrons. The average molecular weight is 285 g/mol. The number of oxime groups is 1. The standard InChI is InChI=1S/C13H17ClN2O3/c14-10-1-2-12(11(7-10)13(15)16-17)19-8-9-3-5-18-6-4-9/h1-2,7,9,17H,3-6,8H2,(H2,15,16). The lowest BCUT2D eigenvalue weighted by Gasteiger charge is -2.22. The van der Waals surface area contributed by atoms with Gasteiger partial charge in [0, 0.05) is 18.2 Å². The first kappa shape index (κ1) is 14.0. The maximum Gasteiger partial charge on any atom is 0.173 e. The van der Waals surface area contributed by atoms with Gasteiger partial charge in [-0.25, -0.2) is 0 Å². The minimum atomic E-state index is -0.00974. The molecule has 5 nitrogen and oxygen atoms in total. The van der Waals surface area contributed by atoms with Gasteiger partial charge in [0.1, 0.15) is 5.75 Å². The largest absolute Gasteiger partial charge is 0.493 e. The summed E-state index contributed by atoms with van der Waals surface area (Å²) in [5.41, 5.74) is 6.12. The van der Waals surface area contributed by atoms with Crippen molar-refractivity contribution in [1.82, 2.24) is 0 Å². The Hall–Kier alpha value is -1.46. The molecule has 3 N–H and O–H groups in total. The zero-order valence-corrected chi connectivity index (χ0v) is 11.3. The minimum absolute atomic E-state index is 0.00974. The van der Waals surface area contributed by atoms with Crippen molar-refractivity contribution in [2.45, 2.75) is 12.8 Å². The SMILES string of the molecule is N/C(=N/O)c1cc(Cl)ccc1OCC1CCOCC1. The number of hydrogen-bond donors (Lipinski definition) is 2. The molecule has 1 heterocycles. The zero-order chi connectivity index (χ0) is 13.7. The molecule has 2 rings (SSSR count). The highest BCUT2D eigenvalue weighted by Crippen LogP contribution is 2.24. The van der Waals surface area contributed by atoms with Crippen molar-refractivity contribution < 1.29 is 14.7 Å². The molecule has 0 unspecified atom stereocenters. The predicted molar refractivity (Wildman–Crippen MR) is 73.0 cm³/mol.